The van der Waals surface area contributed by atoms with E-state index in [1.165, 1.54) is 38.5 Å². The highest BCUT2D eigenvalue weighted by Crippen LogP contribution is 2.55. The molecule has 1 N–H and O–H groups in total. The predicted octanol–water partition coefficient (Wildman–Crippen LogP) is 2.09. The van der Waals surface area contributed by atoms with Crippen LogP contribution in [0.15, 0.2) is 0 Å². The summed E-state index contributed by atoms with van der Waals surface area (Å²) in [5, 5.41) is 3.54. The Kier molecular flexibility index (Phi) is 4.85. The van der Waals surface area contributed by atoms with E-state index in [-0.39, 0.29) is 17.7 Å². The summed E-state index contributed by atoms with van der Waals surface area (Å²) in [6.45, 7) is 5.11. The second kappa shape index (κ2) is 7.20. The summed E-state index contributed by atoms with van der Waals surface area (Å²) in [4.78, 5) is 17.7. The number of hydrogen-bond acceptors (Lipinski definition) is 4. The van der Waals surface area contributed by atoms with Gasteiger partial charge < -0.3 is 19.7 Å². The van der Waals surface area contributed by atoms with E-state index in [1.807, 2.05) is 4.90 Å². The maximum Gasteiger partial charge on any atom is 0.317 e. The van der Waals surface area contributed by atoms with Crippen molar-refractivity contribution in [3.8, 4) is 0 Å². The Balaban J connectivity index is 1.20. The minimum Gasteiger partial charge on any atom is -0.385 e. The summed E-state index contributed by atoms with van der Waals surface area (Å²) >= 11 is 0. The molecule has 6 heteroatoms. The number of rotatable bonds is 5. The number of morpholine rings is 1. The zero-order valence-corrected chi connectivity index (χ0v) is 16.7. The number of fused-ring (bicyclic) bond motifs is 1. The molecule has 2 heterocycles. The van der Waals surface area contributed by atoms with Crippen LogP contribution in [0, 0.1) is 17.8 Å². The van der Waals surface area contributed by atoms with E-state index < -0.39 is 0 Å². The molecule has 2 amide bonds. The summed E-state index contributed by atoms with van der Waals surface area (Å²) in [5.74, 6) is 2.58. The van der Waals surface area contributed by atoms with Crippen molar-refractivity contribution in [1.82, 2.24) is 15.1 Å². The summed E-state index contributed by atoms with van der Waals surface area (Å²) in [6, 6.07) is 0.504. The Bertz CT molecular complexity index is 534. The molecule has 6 nitrogen and oxygen atoms in total. The molecule has 0 spiro atoms. The number of methoxy groups -OCH3 is 1. The van der Waals surface area contributed by atoms with Crippen LogP contribution in [0.5, 0.6) is 0 Å². The van der Waals surface area contributed by atoms with Crippen molar-refractivity contribution < 1.29 is 14.3 Å². The number of likely N-dealkylation sites (tertiary alicyclic amines) is 1. The number of nitrogens with one attached hydrogen (secondary N) is 1. The molecule has 6 rings (SSSR count). The van der Waals surface area contributed by atoms with E-state index in [4.69, 9.17) is 9.47 Å². The van der Waals surface area contributed by atoms with Gasteiger partial charge in [0.05, 0.1) is 25.3 Å². The largest absolute Gasteiger partial charge is 0.385 e. The van der Waals surface area contributed by atoms with Gasteiger partial charge in [0.15, 0.2) is 0 Å². The van der Waals surface area contributed by atoms with E-state index in [0.29, 0.717) is 6.04 Å². The average molecular weight is 378 g/mol. The van der Waals surface area contributed by atoms with Gasteiger partial charge in [0.1, 0.15) is 0 Å². The Morgan fingerprint density at radius 2 is 1.85 bits per heavy atom. The molecule has 0 aromatic rings. The van der Waals surface area contributed by atoms with Crippen molar-refractivity contribution in [2.75, 3.05) is 46.5 Å². The fourth-order valence-corrected chi connectivity index (χ4v) is 7.18. The first kappa shape index (κ1) is 18.2. The first-order chi connectivity index (χ1) is 13.1. The van der Waals surface area contributed by atoms with Gasteiger partial charge in [-0.25, -0.2) is 4.79 Å². The lowest BCUT2D eigenvalue weighted by atomic mass is 9.53. The highest BCUT2D eigenvalue weighted by molar-refractivity contribution is 5.75. The molecule has 0 unspecified atom stereocenters. The van der Waals surface area contributed by atoms with Gasteiger partial charge in [-0.15, -0.1) is 0 Å². The first-order valence-electron chi connectivity index (χ1n) is 11.1. The fraction of sp³-hybridized carbons (Fsp3) is 0.952. The van der Waals surface area contributed by atoms with Crippen LogP contribution in [-0.2, 0) is 9.47 Å². The van der Waals surface area contributed by atoms with Crippen molar-refractivity contribution in [2.24, 2.45) is 17.8 Å². The van der Waals surface area contributed by atoms with Crippen LogP contribution >= 0.6 is 0 Å². The lowest BCUT2D eigenvalue weighted by molar-refractivity contribution is -0.0487. The highest BCUT2D eigenvalue weighted by atomic mass is 16.5. The molecule has 2 atom stereocenters. The van der Waals surface area contributed by atoms with E-state index in [2.05, 4.69) is 10.2 Å². The minimum absolute atomic E-state index is 0.0958. The number of carbonyl (C=O) groups excluding carboxylic acids is 1. The fourth-order valence-electron chi connectivity index (χ4n) is 7.18. The van der Waals surface area contributed by atoms with E-state index in [0.717, 1.165) is 63.6 Å². The molecular weight excluding hydrogens is 342 g/mol. The maximum absolute atomic E-state index is 13.2. The van der Waals surface area contributed by atoms with E-state index in [1.54, 1.807) is 7.11 Å². The minimum atomic E-state index is 0.0958. The Morgan fingerprint density at radius 3 is 2.52 bits per heavy atom. The smallest absolute Gasteiger partial charge is 0.317 e. The second-order valence-electron chi connectivity index (χ2n) is 9.89. The molecule has 4 bridgehead atoms. The topological polar surface area (TPSA) is 54.0 Å². The molecule has 0 radical (unpaired) electrons. The van der Waals surface area contributed by atoms with Gasteiger partial charge in [0.2, 0.25) is 0 Å². The number of carbonyl (C=O) groups is 1. The van der Waals surface area contributed by atoms with Crippen LogP contribution in [0.25, 0.3) is 0 Å². The zero-order valence-electron chi connectivity index (χ0n) is 16.7. The number of nitrogens with zero attached hydrogens (tertiary/aromatic N) is 2. The van der Waals surface area contributed by atoms with Gasteiger partial charge in [0, 0.05) is 38.9 Å². The molecule has 2 aliphatic heterocycles. The lowest BCUT2D eigenvalue weighted by Crippen LogP contribution is -2.61. The second-order valence-corrected chi connectivity index (χ2v) is 9.89. The van der Waals surface area contributed by atoms with Crippen LogP contribution in [-0.4, -0.2) is 80.0 Å². The Hall–Kier alpha value is -0.850. The summed E-state index contributed by atoms with van der Waals surface area (Å²) in [7, 11) is 1.76. The van der Waals surface area contributed by atoms with Crippen molar-refractivity contribution in [1.29, 1.82) is 0 Å². The Labute approximate surface area is 162 Å². The van der Waals surface area contributed by atoms with E-state index in [9.17, 15) is 4.79 Å². The molecule has 0 aromatic carbocycles. The van der Waals surface area contributed by atoms with Crippen LogP contribution in [0.4, 0.5) is 4.79 Å². The average Bonchev–Trinajstić information content (AvgIpc) is 3.06. The first-order valence-corrected chi connectivity index (χ1v) is 11.1. The summed E-state index contributed by atoms with van der Waals surface area (Å²) in [6.07, 6.45) is 9.08. The quantitative estimate of drug-likeness (QED) is 0.746. The monoisotopic (exact) mass is 377 g/mol. The predicted molar refractivity (Wildman–Crippen MR) is 103 cm³/mol. The normalized spacial score (nSPS) is 43.1. The molecule has 4 aliphatic carbocycles. The van der Waals surface area contributed by atoms with Gasteiger partial charge in [-0.05, 0) is 62.7 Å². The maximum atomic E-state index is 13.2. The van der Waals surface area contributed by atoms with Crippen molar-refractivity contribution in [3.05, 3.63) is 0 Å². The third-order valence-corrected chi connectivity index (χ3v) is 7.91. The SMILES string of the molecule is COCCCN1CCO[C@H]2CN(C(=O)NC34CC5CC(CC(C5)C3)C4)C[C@@H]21. The standard InChI is InChI=1S/C21H35N3O3/c1-26-5-2-3-23-4-6-27-19-14-24(13-18(19)23)20(25)22-21-10-15-7-16(11-21)9-17(8-15)12-21/h15-19H,2-14H2,1H3,(H,22,25)/t15?,16?,17?,18-,19-,21?/m0/s1. The molecule has 2 saturated heterocycles. The molecule has 4 saturated carbocycles. The number of hydrogen-bond donors (Lipinski definition) is 1. The van der Waals surface area contributed by atoms with Gasteiger partial charge in [-0.2, -0.15) is 0 Å². The molecule has 152 valence electrons. The number of ether oxygens (including phenoxy) is 2. The van der Waals surface area contributed by atoms with Gasteiger partial charge >= 0.3 is 6.03 Å². The highest BCUT2D eigenvalue weighted by Gasteiger charge is 2.52. The molecule has 6 aliphatic rings. The van der Waals surface area contributed by atoms with Gasteiger partial charge in [-0.3, -0.25) is 4.90 Å². The van der Waals surface area contributed by atoms with Crippen LogP contribution < -0.4 is 5.32 Å². The molecule has 6 fully saturated rings. The van der Waals surface area contributed by atoms with Crippen molar-refractivity contribution in [3.63, 3.8) is 0 Å². The van der Waals surface area contributed by atoms with Crippen LogP contribution in [0.1, 0.15) is 44.9 Å². The zero-order chi connectivity index (χ0) is 18.4. The Morgan fingerprint density at radius 1 is 1.15 bits per heavy atom. The van der Waals surface area contributed by atoms with Crippen molar-refractivity contribution in [2.45, 2.75) is 62.6 Å². The summed E-state index contributed by atoms with van der Waals surface area (Å²) in [5.41, 5.74) is 0.0958. The molecule has 27 heavy (non-hydrogen) atoms. The number of urea groups is 1. The third kappa shape index (κ3) is 3.49. The molecular formula is C21H35N3O3. The lowest BCUT2D eigenvalue weighted by Gasteiger charge is -2.57. The van der Waals surface area contributed by atoms with E-state index >= 15 is 0 Å². The summed E-state index contributed by atoms with van der Waals surface area (Å²) < 4.78 is 11.2. The number of amides is 2. The van der Waals surface area contributed by atoms with Gasteiger partial charge in [-0.1, -0.05) is 0 Å². The van der Waals surface area contributed by atoms with Crippen LogP contribution in [0.3, 0.4) is 0 Å². The van der Waals surface area contributed by atoms with Crippen LogP contribution in [0.2, 0.25) is 0 Å². The molecule has 0 aromatic heterocycles. The third-order valence-electron chi connectivity index (χ3n) is 7.91. The van der Waals surface area contributed by atoms with Crippen molar-refractivity contribution >= 4 is 6.03 Å². The van der Waals surface area contributed by atoms with Gasteiger partial charge in [0.25, 0.3) is 0 Å².